The lowest BCUT2D eigenvalue weighted by Gasteiger charge is -2.33. The second-order valence-corrected chi connectivity index (χ2v) is 5.42. The van der Waals surface area contributed by atoms with Gasteiger partial charge in [0.1, 0.15) is 11.5 Å². The van der Waals surface area contributed by atoms with E-state index in [1.165, 1.54) is 0 Å². The first-order valence-electron chi connectivity index (χ1n) is 7.85. The zero-order valence-electron chi connectivity index (χ0n) is 13.6. The Hall–Kier alpha value is -1.75. The van der Waals surface area contributed by atoms with Crippen LogP contribution in [-0.4, -0.2) is 49.8 Å². The Morgan fingerprint density at radius 3 is 2.36 bits per heavy atom. The molecular weight excluding hydrogens is 282 g/mol. The van der Waals surface area contributed by atoms with E-state index in [4.69, 9.17) is 14.2 Å². The van der Waals surface area contributed by atoms with Crippen molar-refractivity contribution in [2.24, 2.45) is 0 Å². The molecule has 1 aromatic carbocycles. The molecule has 1 atom stereocenters. The molecule has 0 bridgehead atoms. The fourth-order valence-electron chi connectivity index (χ4n) is 2.64. The number of ether oxygens (including phenoxy) is 3. The molecule has 0 N–H and O–H groups in total. The molecule has 1 unspecified atom stereocenters. The first-order valence-corrected chi connectivity index (χ1v) is 7.85. The number of carbonyl (C=O) groups is 1. The number of piperidine rings is 1. The van der Waals surface area contributed by atoms with Crippen LogP contribution >= 0.6 is 0 Å². The van der Waals surface area contributed by atoms with Gasteiger partial charge in [0.2, 0.25) is 0 Å². The summed E-state index contributed by atoms with van der Waals surface area (Å²) in [6.07, 6.45) is 1.59. The Morgan fingerprint density at radius 2 is 1.82 bits per heavy atom. The average molecular weight is 307 g/mol. The third-order valence-corrected chi connectivity index (χ3v) is 3.88. The molecule has 1 saturated heterocycles. The number of hydrogen-bond donors (Lipinski definition) is 0. The fraction of sp³-hybridized carbons (Fsp3) is 0.588. The van der Waals surface area contributed by atoms with Gasteiger partial charge in [-0.25, -0.2) is 0 Å². The number of likely N-dealkylation sites (tertiary alicyclic amines) is 1. The molecule has 0 spiro atoms. The number of carbonyl (C=O) groups excluding carboxylic acids is 1. The Kier molecular flexibility index (Phi) is 6.07. The van der Waals surface area contributed by atoms with Gasteiger partial charge >= 0.3 is 0 Å². The average Bonchev–Trinajstić information content (AvgIpc) is 2.56. The molecule has 1 fully saturated rings. The molecule has 1 aromatic rings. The zero-order chi connectivity index (χ0) is 15.9. The van der Waals surface area contributed by atoms with E-state index in [0.717, 1.165) is 38.3 Å². The maximum absolute atomic E-state index is 12.4. The Labute approximate surface area is 132 Å². The molecule has 1 aliphatic heterocycles. The monoisotopic (exact) mass is 307 g/mol. The molecule has 5 nitrogen and oxygen atoms in total. The van der Waals surface area contributed by atoms with Crippen molar-refractivity contribution in [1.29, 1.82) is 0 Å². The number of benzene rings is 1. The Balaban J connectivity index is 1.84. The van der Waals surface area contributed by atoms with Crippen LogP contribution in [0, 0.1) is 0 Å². The van der Waals surface area contributed by atoms with Crippen LogP contribution in [0.1, 0.15) is 26.7 Å². The van der Waals surface area contributed by atoms with Gasteiger partial charge in [0, 0.05) is 19.7 Å². The largest absolute Gasteiger partial charge is 0.497 e. The minimum atomic E-state index is -0.489. The number of nitrogens with zero attached hydrogens (tertiary/aromatic N) is 1. The number of rotatable bonds is 6. The van der Waals surface area contributed by atoms with Crippen molar-refractivity contribution in [3.05, 3.63) is 24.3 Å². The highest BCUT2D eigenvalue weighted by Gasteiger charge is 2.27. The minimum Gasteiger partial charge on any atom is -0.497 e. The highest BCUT2D eigenvalue weighted by Crippen LogP contribution is 2.20. The zero-order valence-corrected chi connectivity index (χ0v) is 13.6. The Morgan fingerprint density at radius 1 is 1.23 bits per heavy atom. The number of hydrogen-bond acceptors (Lipinski definition) is 4. The van der Waals surface area contributed by atoms with E-state index in [1.54, 1.807) is 14.0 Å². The smallest absolute Gasteiger partial charge is 0.263 e. The van der Waals surface area contributed by atoms with E-state index in [1.807, 2.05) is 36.1 Å². The van der Waals surface area contributed by atoms with E-state index in [-0.39, 0.29) is 12.0 Å². The van der Waals surface area contributed by atoms with Crippen LogP contribution in [-0.2, 0) is 9.53 Å². The molecule has 0 radical (unpaired) electrons. The van der Waals surface area contributed by atoms with Crippen molar-refractivity contribution in [3.63, 3.8) is 0 Å². The lowest BCUT2D eigenvalue weighted by atomic mass is 10.1. The molecule has 0 aliphatic carbocycles. The van der Waals surface area contributed by atoms with Gasteiger partial charge in [-0.15, -0.1) is 0 Å². The highest BCUT2D eigenvalue weighted by molar-refractivity contribution is 5.81. The van der Waals surface area contributed by atoms with Gasteiger partial charge < -0.3 is 19.1 Å². The third kappa shape index (κ3) is 4.37. The summed E-state index contributed by atoms with van der Waals surface area (Å²) in [6, 6.07) is 7.26. The van der Waals surface area contributed by atoms with E-state index in [2.05, 4.69) is 0 Å². The van der Waals surface area contributed by atoms with Crippen LogP contribution < -0.4 is 9.47 Å². The standard InChI is InChI=1S/C17H25NO4/c1-4-21-15-9-11-18(12-10-15)17(19)13(2)22-16-7-5-14(20-3)6-8-16/h5-8,13,15H,4,9-12H2,1-3H3. The van der Waals surface area contributed by atoms with Crippen LogP contribution in [0.4, 0.5) is 0 Å². The summed E-state index contributed by atoms with van der Waals surface area (Å²) in [5.74, 6) is 1.47. The van der Waals surface area contributed by atoms with E-state index in [0.29, 0.717) is 5.75 Å². The SMILES string of the molecule is CCOC1CCN(C(=O)C(C)Oc2ccc(OC)cc2)CC1. The van der Waals surface area contributed by atoms with Gasteiger partial charge in [-0.05, 0) is 51.0 Å². The van der Waals surface area contributed by atoms with Gasteiger partial charge in [-0.2, -0.15) is 0 Å². The summed E-state index contributed by atoms with van der Waals surface area (Å²) >= 11 is 0. The summed E-state index contributed by atoms with van der Waals surface area (Å²) in [7, 11) is 1.62. The summed E-state index contributed by atoms with van der Waals surface area (Å²) in [5.41, 5.74) is 0. The van der Waals surface area contributed by atoms with Gasteiger partial charge in [-0.3, -0.25) is 4.79 Å². The van der Waals surface area contributed by atoms with Crippen molar-refractivity contribution < 1.29 is 19.0 Å². The second-order valence-electron chi connectivity index (χ2n) is 5.42. The van der Waals surface area contributed by atoms with Crippen molar-refractivity contribution in [2.75, 3.05) is 26.8 Å². The molecule has 0 saturated carbocycles. The maximum Gasteiger partial charge on any atom is 0.263 e. The van der Waals surface area contributed by atoms with Crippen molar-refractivity contribution >= 4 is 5.91 Å². The predicted molar refractivity (Wildman–Crippen MR) is 84.3 cm³/mol. The first kappa shape index (κ1) is 16.6. The lowest BCUT2D eigenvalue weighted by Crippen LogP contribution is -2.46. The molecule has 2 rings (SSSR count). The lowest BCUT2D eigenvalue weighted by molar-refractivity contribution is -0.140. The summed E-state index contributed by atoms with van der Waals surface area (Å²) in [4.78, 5) is 14.3. The van der Waals surface area contributed by atoms with Crippen LogP contribution in [0.2, 0.25) is 0 Å². The normalized spacial score (nSPS) is 17.1. The summed E-state index contributed by atoms with van der Waals surface area (Å²) < 4.78 is 16.4. The van der Waals surface area contributed by atoms with Gasteiger partial charge in [0.05, 0.1) is 13.2 Å². The van der Waals surface area contributed by atoms with Crippen LogP contribution in [0.25, 0.3) is 0 Å². The number of amides is 1. The van der Waals surface area contributed by atoms with Crippen LogP contribution in [0.5, 0.6) is 11.5 Å². The third-order valence-electron chi connectivity index (χ3n) is 3.88. The van der Waals surface area contributed by atoms with E-state index < -0.39 is 6.10 Å². The Bertz CT molecular complexity index is 466. The molecular formula is C17H25NO4. The first-order chi connectivity index (χ1) is 10.6. The molecule has 1 amide bonds. The van der Waals surface area contributed by atoms with Crippen molar-refractivity contribution in [2.45, 2.75) is 38.9 Å². The molecule has 122 valence electrons. The minimum absolute atomic E-state index is 0.0331. The van der Waals surface area contributed by atoms with Crippen molar-refractivity contribution in [1.82, 2.24) is 4.90 Å². The fourth-order valence-corrected chi connectivity index (χ4v) is 2.64. The second kappa shape index (κ2) is 8.03. The van der Waals surface area contributed by atoms with Gasteiger partial charge in [0.25, 0.3) is 5.91 Å². The van der Waals surface area contributed by atoms with E-state index >= 15 is 0 Å². The predicted octanol–water partition coefficient (Wildman–Crippen LogP) is 2.49. The van der Waals surface area contributed by atoms with Crippen LogP contribution in [0.15, 0.2) is 24.3 Å². The molecule has 1 aliphatic rings. The topological polar surface area (TPSA) is 48.0 Å². The number of methoxy groups -OCH3 is 1. The van der Waals surface area contributed by atoms with Crippen LogP contribution in [0.3, 0.4) is 0 Å². The summed E-state index contributed by atoms with van der Waals surface area (Å²) in [5, 5.41) is 0. The van der Waals surface area contributed by atoms with E-state index in [9.17, 15) is 4.79 Å². The maximum atomic E-state index is 12.4. The molecule has 1 heterocycles. The molecule has 5 heteroatoms. The molecule has 22 heavy (non-hydrogen) atoms. The summed E-state index contributed by atoms with van der Waals surface area (Å²) in [6.45, 7) is 6.00. The molecule has 0 aromatic heterocycles. The van der Waals surface area contributed by atoms with Gasteiger partial charge in [-0.1, -0.05) is 0 Å². The van der Waals surface area contributed by atoms with Gasteiger partial charge in [0.15, 0.2) is 6.10 Å². The van der Waals surface area contributed by atoms with Crippen molar-refractivity contribution in [3.8, 4) is 11.5 Å². The quantitative estimate of drug-likeness (QED) is 0.810. The highest BCUT2D eigenvalue weighted by atomic mass is 16.5.